The maximum atomic E-state index is 12.0. The van der Waals surface area contributed by atoms with Gasteiger partial charge in [0.2, 0.25) is 0 Å². The first-order valence-electron chi connectivity index (χ1n) is 7.24. The summed E-state index contributed by atoms with van der Waals surface area (Å²) in [5.41, 5.74) is 1.07. The van der Waals surface area contributed by atoms with Gasteiger partial charge in [0.05, 0.1) is 10.6 Å². The minimum atomic E-state index is -3.62. The molecule has 0 spiro atoms. The standard InChI is InChI=1S/C16H15N3O4S/c1-11(16(20)23-10-12-6-4-5-9-17-12)18-15-13-7-2-3-8-14(13)24(21,22)19-15/h2-9,11H,10H2,1H3,(H,18,19). The lowest BCUT2D eigenvalue weighted by Crippen LogP contribution is -2.26. The molecule has 0 saturated heterocycles. The summed E-state index contributed by atoms with van der Waals surface area (Å²) in [6, 6.07) is 10.9. The molecule has 2 aromatic rings. The molecule has 1 aromatic heterocycles. The van der Waals surface area contributed by atoms with E-state index in [1.807, 2.05) is 0 Å². The summed E-state index contributed by atoms with van der Waals surface area (Å²) in [5.74, 6) is -0.412. The van der Waals surface area contributed by atoms with E-state index in [2.05, 4.69) is 14.7 Å². The lowest BCUT2D eigenvalue weighted by atomic mass is 10.2. The Balaban J connectivity index is 1.73. The second-order valence-electron chi connectivity index (χ2n) is 5.18. The molecule has 1 aromatic carbocycles. The highest BCUT2D eigenvalue weighted by molar-refractivity contribution is 7.90. The van der Waals surface area contributed by atoms with E-state index in [0.717, 1.165) is 0 Å². The Labute approximate surface area is 139 Å². The highest BCUT2D eigenvalue weighted by atomic mass is 32.2. The van der Waals surface area contributed by atoms with Crippen molar-refractivity contribution in [2.75, 3.05) is 0 Å². The molecule has 8 heteroatoms. The Hall–Kier alpha value is -2.74. The normalized spacial score (nSPS) is 17.8. The van der Waals surface area contributed by atoms with Gasteiger partial charge in [-0.1, -0.05) is 18.2 Å². The van der Waals surface area contributed by atoms with Crippen molar-refractivity contribution >= 4 is 21.8 Å². The molecule has 1 aliphatic rings. The van der Waals surface area contributed by atoms with Crippen LogP contribution >= 0.6 is 0 Å². The van der Waals surface area contributed by atoms with Crippen LogP contribution < -0.4 is 4.72 Å². The number of nitrogens with zero attached hydrogens (tertiary/aromatic N) is 2. The van der Waals surface area contributed by atoms with Crippen molar-refractivity contribution in [1.82, 2.24) is 9.71 Å². The fourth-order valence-corrected chi connectivity index (χ4v) is 3.46. The average molecular weight is 345 g/mol. The van der Waals surface area contributed by atoms with Gasteiger partial charge in [0.15, 0.2) is 0 Å². The van der Waals surface area contributed by atoms with Gasteiger partial charge in [-0.3, -0.25) is 14.7 Å². The zero-order valence-corrected chi connectivity index (χ0v) is 13.7. The maximum absolute atomic E-state index is 12.0. The van der Waals surface area contributed by atoms with Gasteiger partial charge in [-0.2, -0.15) is 0 Å². The molecule has 2 heterocycles. The second kappa shape index (κ2) is 6.40. The van der Waals surface area contributed by atoms with Crippen LogP contribution in [0.5, 0.6) is 0 Å². The van der Waals surface area contributed by atoms with E-state index in [1.165, 1.54) is 6.07 Å². The molecule has 0 aliphatic carbocycles. The number of amidine groups is 1. The lowest BCUT2D eigenvalue weighted by molar-refractivity contribution is -0.146. The highest BCUT2D eigenvalue weighted by Crippen LogP contribution is 2.22. The van der Waals surface area contributed by atoms with E-state index in [1.54, 1.807) is 49.5 Å². The zero-order valence-electron chi connectivity index (χ0n) is 12.8. The van der Waals surface area contributed by atoms with Gasteiger partial charge in [-0.25, -0.2) is 13.2 Å². The SMILES string of the molecule is CC(N=C1NS(=O)(=O)c2ccccc21)C(=O)OCc1ccccn1. The fourth-order valence-electron chi connectivity index (χ4n) is 2.23. The third-order valence-corrected chi connectivity index (χ3v) is 4.81. The van der Waals surface area contributed by atoms with Crippen LogP contribution in [-0.4, -0.2) is 31.2 Å². The molecule has 1 unspecified atom stereocenters. The maximum Gasteiger partial charge on any atom is 0.331 e. The summed E-state index contributed by atoms with van der Waals surface area (Å²) in [5, 5.41) is 0. The van der Waals surface area contributed by atoms with Gasteiger partial charge in [-0.15, -0.1) is 0 Å². The number of carbonyl (C=O) groups is 1. The van der Waals surface area contributed by atoms with E-state index >= 15 is 0 Å². The number of sulfonamides is 1. The third kappa shape index (κ3) is 3.28. The number of aromatic nitrogens is 1. The van der Waals surface area contributed by atoms with Crippen molar-refractivity contribution in [3.8, 4) is 0 Å². The van der Waals surface area contributed by atoms with Crippen LogP contribution in [-0.2, 0) is 26.2 Å². The first kappa shape index (κ1) is 16.1. The number of hydrogen-bond acceptors (Lipinski definition) is 6. The summed E-state index contributed by atoms with van der Waals surface area (Å²) < 4.78 is 31.5. The van der Waals surface area contributed by atoms with Gasteiger partial charge in [0.25, 0.3) is 10.0 Å². The van der Waals surface area contributed by atoms with Crippen molar-refractivity contribution < 1.29 is 17.9 Å². The molecule has 3 rings (SSSR count). The van der Waals surface area contributed by atoms with Crippen molar-refractivity contribution in [2.24, 2.45) is 4.99 Å². The molecule has 1 N–H and O–H groups in total. The fraction of sp³-hybridized carbons (Fsp3) is 0.188. The van der Waals surface area contributed by atoms with Gasteiger partial charge in [0, 0.05) is 11.8 Å². The van der Waals surface area contributed by atoms with Crippen LogP contribution in [0.2, 0.25) is 0 Å². The van der Waals surface area contributed by atoms with E-state index in [9.17, 15) is 13.2 Å². The number of hydrogen-bond donors (Lipinski definition) is 1. The van der Waals surface area contributed by atoms with Crippen LogP contribution in [0.3, 0.4) is 0 Å². The molecule has 0 saturated carbocycles. The number of rotatable bonds is 4. The Kier molecular flexibility index (Phi) is 4.30. The Bertz CT molecular complexity index is 895. The third-order valence-electron chi connectivity index (χ3n) is 3.42. The van der Waals surface area contributed by atoms with E-state index in [0.29, 0.717) is 11.3 Å². The molecular weight excluding hydrogens is 330 g/mol. The number of benzene rings is 1. The van der Waals surface area contributed by atoms with Crippen molar-refractivity contribution in [3.63, 3.8) is 0 Å². The number of fused-ring (bicyclic) bond motifs is 1. The summed E-state index contributed by atoms with van der Waals surface area (Å²) in [7, 11) is -3.62. The minimum absolute atomic E-state index is 0.0389. The second-order valence-corrected chi connectivity index (χ2v) is 6.83. The number of aliphatic imine (C=N–C) groups is 1. The molecule has 7 nitrogen and oxygen atoms in total. The van der Waals surface area contributed by atoms with Gasteiger partial charge < -0.3 is 4.74 Å². The first-order valence-corrected chi connectivity index (χ1v) is 8.72. The summed E-state index contributed by atoms with van der Waals surface area (Å²) >= 11 is 0. The number of nitrogens with one attached hydrogen (secondary N) is 1. The molecule has 1 aliphatic heterocycles. The smallest absolute Gasteiger partial charge is 0.331 e. The van der Waals surface area contributed by atoms with E-state index in [-0.39, 0.29) is 17.3 Å². The summed E-state index contributed by atoms with van der Waals surface area (Å²) in [6.07, 6.45) is 1.61. The summed E-state index contributed by atoms with van der Waals surface area (Å²) in [4.78, 5) is 20.4. The van der Waals surface area contributed by atoms with Crippen LogP contribution in [0.15, 0.2) is 58.5 Å². The molecule has 0 amide bonds. The quantitative estimate of drug-likeness (QED) is 0.841. The Morgan fingerprint density at radius 2 is 2.00 bits per heavy atom. The lowest BCUT2D eigenvalue weighted by Gasteiger charge is -2.08. The summed E-state index contributed by atoms with van der Waals surface area (Å²) in [6.45, 7) is 1.58. The molecular formula is C16H15N3O4S. The van der Waals surface area contributed by atoms with Crippen LogP contribution in [0.1, 0.15) is 18.2 Å². The molecule has 24 heavy (non-hydrogen) atoms. The predicted octanol–water partition coefficient (Wildman–Crippen LogP) is 1.25. The molecule has 0 bridgehead atoms. The molecule has 0 radical (unpaired) electrons. The van der Waals surface area contributed by atoms with Crippen LogP contribution in [0.25, 0.3) is 0 Å². The molecule has 1 atom stereocenters. The minimum Gasteiger partial charge on any atom is -0.458 e. The number of carbonyl (C=O) groups excluding carboxylic acids is 1. The molecule has 0 fully saturated rings. The Morgan fingerprint density at radius 1 is 1.25 bits per heavy atom. The van der Waals surface area contributed by atoms with Crippen molar-refractivity contribution in [2.45, 2.75) is 24.5 Å². The topological polar surface area (TPSA) is 97.7 Å². The van der Waals surface area contributed by atoms with E-state index < -0.39 is 22.0 Å². The van der Waals surface area contributed by atoms with Gasteiger partial charge >= 0.3 is 5.97 Å². The zero-order chi connectivity index (χ0) is 17.2. The predicted molar refractivity (Wildman–Crippen MR) is 86.8 cm³/mol. The first-order chi connectivity index (χ1) is 11.5. The molecule has 124 valence electrons. The highest BCUT2D eigenvalue weighted by Gasteiger charge is 2.31. The largest absolute Gasteiger partial charge is 0.458 e. The monoisotopic (exact) mass is 345 g/mol. The van der Waals surface area contributed by atoms with E-state index in [4.69, 9.17) is 4.74 Å². The van der Waals surface area contributed by atoms with Crippen molar-refractivity contribution in [1.29, 1.82) is 0 Å². The van der Waals surface area contributed by atoms with Crippen LogP contribution in [0, 0.1) is 0 Å². The van der Waals surface area contributed by atoms with Gasteiger partial charge in [-0.05, 0) is 31.2 Å². The van der Waals surface area contributed by atoms with Crippen molar-refractivity contribution in [3.05, 3.63) is 59.9 Å². The Morgan fingerprint density at radius 3 is 2.75 bits per heavy atom. The number of pyridine rings is 1. The van der Waals surface area contributed by atoms with Gasteiger partial charge in [0.1, 0.15) is 18.5 Å². The van der Waals surface area contributed by atoms with Crippen LogP contribution in [0.4, 0.5) is 0 Å². The number of ether oxygens (including phenoxy) is 1. The average Bonchev–Trinajstić information content (AvgIpc) is 2.84. The number of esters is 1.